The molecule has 148 valence electrons. The Morgan fingerprint density at radius 1 is 0.862 bits per heavy atom. The Bertz CT molecular complexity index is 997. The van der Waals surface area contributed by atoms with Gasteiger partial charge in [0.2, 0.25) is 0 Å². The van der Waals surface area contributed by atoms with Gasteiger partial charge in [-0.15, -0.1) is 0 Å². The molecule has 1 amide bonds. The molecule has 0 aliphatic carbocycles. The van der Waals surface area contributed by atoms with Gasteiger partial charge in [0, 0.05) is 11.3 Å². The van der Waals surface area contributed by atoms with E-state index in [4.69, 9.17) is 9.47 Å². The van der Waals surface area contributed by atoms with E-state index in [1.165, 1.54) is 0 Å². The molecular weight excluding hydrogens is 366 g/mol. The fourth-order valence-corrected chi connectivity index (χ4v) is 2.69. The van der Waals surface area contributed by atoms with Crippen molar-refractivity contribution in [1.82, 2.24) is 0 Å². The van der Waals surface area contributed by atoms with Crippen molar-refractivity contribution < 1.29 is 19.1 Å². The highest BCUT2D eigenvalue weighted by atomic mass is 16.6. The van der Waals surface area contributed by atoms with Crippen molar-refractivity contribution in [2.45, 2.75) is 26.9 Å². The number of benzene rings is 3. The molecule has 0 radical (unpaired) electrons. The van der Waals surface area contributed by atoms with E-state index >= 15 is 0 Å². The van der Waals surface area contributed by atoms with Crippen molar-refractivity contribution >= 4 is 17.6 Å². The number of hydrogen-bond donors (Lipinski definition) is 1. The first-order chi connectivity index (χ1) is 13.9. The molecule has 3 rings (SSSR count). The van der Waals surface area contributed by atoms with E-state index in [0.717, 1.165) is 16.8 Å². The molecule has 0 saturated heterocycles. The maximum atomic E-state index is 12.5. The van der Waals surface area contributed by atoms with Crippen LogP contribution < -0.4 is 14.8 Å². The molecule has 29 heavy (non-hydrogen) atoms. The molecule has 5 heteroatoms. The van der Waals surface area contributed by atoms with Crippen molar-refractivity contribution in [2.24, 2.45) is 0 Å². The highest BCUT2D eigenvalue weighted by Crippen LogP contribution is 2.19. The molecule has 5 nitrogen and oxygen atoms in total. The molecule has 0 aromatic heterocycles. The minimum atomic E-state index is -0.760. The van der Waals surface area contributed by atoms with E-state index in [1.807, 2.05) is 50.2 Å². The molecule has 1 atom stereocenters. The summed E-state index contributed by atoms with van der Waals surface area (Å²) in [4.78, 5) is 24.7. The molecule has 0 heterocycles. The van der Waals surface area contributed by atoms with Crippen molar-refractivity contribution in [1.29, 1.82) is 0 Å². The van der Waals surface area contributed by atoms with Gasteiger partial charge in [-0.25, -0.2) is 4.79 Å². The summed E-state index contributed by atoms with van der Waals surface area (Å²) in [5, 5.41) is 2.91. The van der Waals surface area contributed by atoms with Gasteiger partial charge in [-0.2, -0.15) is 0 Å². The van der Waals surface area contributed by atoms with E-state index in [9.17, 15) is 9.59 Å². The van der Waals surface area contributed by atoms with Crippen LogP contribution in [0.25, 0.3) is 0 Å². The zero-order valence-electron chi connectivity index (χ0n) is 16.6. The topological polar surface area (TPSA) is 64.6 Å². The van der Waals surface area contributed by atoms with Gasteiger partial charge in [0.25, 0.3) is 5.91 Å². The number of hydrogen-bond acceptors (Lipinski definition) is 4. The van der Waals surface area contributed by atoms with Crippen molar-refractivity contribution in [3.05, 3.63) is 89.5 Å². The maximum Gasteiger partial charge on any atom is 0.352 e. The standard InChI is InChI=1S/C24H23NO4/c1-16-9-10-17(2)22(15-16)25-23(26)19-11-13-21(14-12-19)29-24(27)18(3)28-20-7-5-4-6-8-20/h4-15,18H,1-3H3,(H,25,26). The Kier molecular flexibility index (Phi) is 6.29. The summed E-state index contributed by atoms with van der Waals surface area (Å²) < 4.78 is 10.9. The summed E-state index contributed by atoms with van der Waals surface area (Å²) >= 11 is 0. The molecule has 3 aromatic rings. The Morgan fingerprint density at radius 2 is 1.55 bits per heavy atom. The van der Waals surface area contributed by atoms with E-state index < -0.39 is 12.1 Å². The number of carbonyl (C=O) groups excluding carboxylic acids is 2. The first-order valence-corrected chi connectivity index (χ1v) is 9.34. The van der Waals surface area contributed by atoms with Crippen LogP contribution in [0.15, 0.2) is 72.8 Å². The van der Waals surface area contributed by atoms with E-state index in [-0.39, 0.29) is 5.91 Å². The van der Waals surface area contributed by atoms with Crippen molar-refractivity contribution in [3.63, 3.8) is 0 Å². The number of carbonyl (C=O) groups is 2. The zero-order valence-corrected chi connectivity index (χ0v) is 16.6. The van der Waals surface area contributed by atoms with Crippen LogP contribution in [0.2, 0.25) is 0 Å². The van der Waals surface area contributed by atoms with Crippen LogP contribution in [0.4, 0.5) is 5.69 Å². The van der Waals surface area contributed by atoms with E-state index in [1.54, 1.807) is 43.3 Å². The molecule has 0 aliphatic heterocycles. The van der Waals surface area contributed by atoms with Gasteiger partial charge < -0.3 is 14.8 Å². The van der Waals surface area contributed by atoms with Crippen LogP contribution >= 0.6 is 0 Å². The Morgan fingerprint density at radius 3 is 2.24 bits per heavy atom. The van der Waals surface area contributed by atoms with Gasteiger partial charge in [0.05, 0.1) is 0 Å². The highest BCUT2D eigenvalue weighted by Gasteiger charge is 2.17. The second kappa shape index (κ2) is 9.06. The third kappa shape index (κ3) is 5.45. The number of rotatable bonds is 6. The average molecular weight is 389 g/mol. The second-order valence-electron chi connectivity index (χ2n) is 6.79. The minimum Gasteiger partial charge on any atom is -0.479 e. The third-order valence-corrected chi connectivity index (χ3v) is 4.36. The Labute approximate surface area is 170 Å². The molecule has 0 saturated carbocycles. The SMILES string of the molecule is Cc1ccc(C)c(NC(=O)c2ccc(OC(=O)C(C)Oc3ccccc3)cc2)c1. The summed E-state index contributed by atoms with van der Waals surface area (Å²) in [6.07, 6.45) is -0.760. The fraction of sp³-hybridized carbons (Fsp3) is 0.167. The lowest BCUT2D eigenvalue weighted by Gasteiger charge is -2.14. The van der Waals surface area contributed by atoms with Gasteiger partial charge in [-0.05, 0) is 74.4 Å². The van der Waals surface area contributed by atoms with Crippen LogP contribution in [-0.2, 0) is 4.79 Å². The molecule has 0 spiro atoms. The highest BCUT2D eigenvalue weighted by molar-refractivity contribution is 6.04. The second-order valence-corrected chi connectivity index (χ2v) is 6.79. The molecule has 1 unspecified atom stereocenters. The zero-order chi connectivity index (χ0) is 20.8. The normalized spacial score (nSPS) is 11.4. The summed E-state index contributed by atoms with van der Waals surface area (Å²) in [5.74, 6) is 0.205. The lowest BCUT2D eigenvalue weighted by atomic mass is 10.1. The predicted octanol–water partition coefficient (Wildman–Crippen LogP) is 4.93. The summed E-state index contributed by atoms with van der Waals surface area (Å²) in [7, 11) is 0. The third-order valence-electron chi connectivity index (χ3n) is 4.36. The minimum absolute atomic E-state index is 0.225. The summed E-state index contributed by atoms with van der Waals surface area (Å²) in [5.41, 5.74) is 3.30. The van der Waals surface area contributed by atoms with Gasteiger partial charge in [-0.3, -0.25) is 4.79 Å². The summed E-state index contributed by atoms with van der Waals surface area (Å²) in [6, 6.07) is 21.4. The molecule has 0 aliphatic rings. The smallest absolute Gasteiger partial charge is 0.352 e. The van der Waals surface area contributed by atoms with Gasteiger partial charge >= 0.3 is 5.97 Å². The van der Waals surface area contributed by atoms with Gasteiger partial charge in [0.15, 0.2) is 6.10 Å². The lowest BCUT2D eigenvalue weighted by Crippen LogP contribution is -2.28. The number of para-hydroxylation sites is 1. The average Bonchev–Trinajstić information content (AvgIpc) is 2.72. The quantitative estimate of drug-likeness (QED) is 0.480. The van der Waals surface area contributed by atoms with Crippen LogP contribution in [0.5, 0.6) is 11.5 Å². The van der Waals surface area contributed by atoms with Gasteiger partial charge in [0.1, 0.15) is 11.5 Å². The molecule has 1 N–H and O–H groups in total. The van der Waals surface area contributed by atoms with Crippen molar-refractivity contribution in [3.8, 4) is 11.5 Å². The number of anilines is 1. The molecular formula is C24H23NO4. The maximum absolute atomic E-state index is 12.5. The molecule has 0 fully saturated rings. The first kappa shape index (κ1) is 20.1. The van der Waals surface area contributed by atoms with Crippen LogP contribution in [-0.4, -0.2) is 18.0 Å². The number of esters is 1. The van der Waals surface area contributed by atoms with Gasteiger partial charge in [-0.1, -0.05) is 30.3 Å². The van der Waals surface area contributed by atoms with E-state index in [2.05, 4.69) is 5.32 Å². The Balaban J connectivity index is 1.60. The number of amides is 1. The number of nitrogens with one attached hydrogen (secondary N) is 1. The molecule has 3 aromatic carbocycles. The monoisotopic (exact) mass is 389 g/mol. The Hall–Kier alpha value is -3.60. The van der Waals surface area contributed by atoms with Crippen LogP contribution in [0, 0.1) is 13.8 Å². The largest absolute Gasteiger partial charge is 0.479 e. The van der Waals surface area contributed by atoms with Crippen molar-refractivity contribution in [2.75, 3.05) is 5.32 Å². The summed E-state index contributed by atoms with van der Waals surface area (Å²) in [6.45, 7) is 5.54. The first-order valence-electron chi connectivity index (χ1n) is 9.34. The number of ether oxygens (including phenoxy) is 2. The van der Waals surface area contributed by atoms with Crippen LogP contribution in [0.3, 0.4) is 0 Å². The predicted molar refractivity (Wildman–Crippen MR) is 112 cm³/mol. The molecule has 0 bridgehead atoms. The number of aryl methyl sites for hydroxylation is 2. The van der Waals surface area contributed by atoms with Crippen LogP contribution in [0.1, 0.15) is 28.4 Å². The lowest BCUT2D eigenvalue weighted by molar-refractivity contribution is -0.141. The fourth-order valence-electron chi connectivity index (χ4n) is 2.69. The van der Waals surface area contributed by atoms with E-state index in [0.29, 0.717) is 17.1 Å².